The summed E-state index contributed by atoms with van der Waals surface area (Å²) in [6.07, 6.45) is 1.67. The molecular weight excluding hydrogens is 460 g/mol. The summed E-state index contributed by atoms with van der Waals surface area (Å²) in [4.78, 5) is 34.8. The fourth-order valence-electron chi connectivity index (χ4n) is 3.50. The molecule has 10 nitrogen and oxygen atoms in total. The van der Waals surface area contributed by atoms with Crippen molar-refractivity contribution in [3.05, 3.63) is 41.2 Å². The number of imidazole rings is 1. The molecular formula is C23H28N4O6S. The first-order valence-electron chi connectivity index (χ1n) is 10.5. The number of methoxy groups -OCH3 is 2. The molecule has 0 bridgehead atoms. The molecule has 2 aromatic heterocycles. The first kappa shape index (κ1) is 25.2. The largest absolute Gasteiger partial charge is 0.497 e. The summed E-state index contributed by atoms with van der Waals surface area (Å²) in [6.45, 7) is 5.24. The van der Waals surface area contributed by atoms with Crippen LogP contribution in [0.5, 0.6) is 11.5 Å². The van der Waals surface area contributed by atoms with Gasteiger partial charge < -0.3 is 19.1 Å². The molecule has 0 N–H and O–H groups in total. The van der Waals surface area contributed by atoms with E-state index in [0.29, 0.717) is 28.2 Å². The molecule has 0 spiro atoms. The van der Waals surface area contributed by atoms with Gasteiger partial charge in [-0.15, -0.1) is 0 Å². The van der Waals surface area contributed by atoms with Crippen LogP contribution in [0.2, 0.25) is 0 Å². The van der Waals surface area contributed by atoms with Crippen molar-refractivity contribution in [2.45, 2.75) is 31.7 Å². The first-order valence-corrected chi connectivity index (χ1v) is 11.8. The van der Waals surface area contributed by atoms with E-state index in [4.69, 9.17) is 14.2 Å². The first-order chi connectivity index (χ1) is 16.2. The zero-order chi connectivity index (χ0) is 25.0. The summed E-state index contributed by atoms with van der Waals surface area (Å²) in [6, 6.07) is 4.63. The maximum atomic E-state index is 13.5. The molecule has 1 amide bonds. The number of carbonyl (C=O) groups excluding carboxylic acids is 2. The number of nitrogens with zero attached hydrogens (tertiary/aromatic N) is 4. The third-order valence-electron chi connectivity index (χ3n) is 5.30. The molecule has 182 valence electrons. The van der Waals surface area contributed by atoms with Crippen LogP contribution in [-0.4, -0.2) is 70.1 Å². The fraction of sp³-hybridized carbons (Fsp3) is 0.391. The van der Waals surface area contributed by atoms with Crippen LogP contribution in [0.1, 0.15) is 23.7 Å². The Bertz CT molecular complexity index is 1260. The third kappa shape index (κ3) is 5.19. The van der Waals surface area contributed by atoms with E-state index < -0.39 is 22.8 Å². The average molecular weight is 489 g/mol. The molecule has 0 aliphatic rings. The van der Waals surface area contributed by atoms with E-state index in [9.17, 15) is 13.8 Å². The maximum absolute atomic E-state index is 13.5. The van der Waals surface area contributed by atoms with Crippen molar-refractivity contribution in [2.75, 3.05) is 34.4 Å². The average Bonchev–Trinajstić information content (AvgIpc) is 3.19. The lowest BCUT2D eigenvalue weighted by molar-refractivity contribution is -0.141. The Morgan fingerprint density at radius 2 is 1.91 bits per heavy atom. The quantitative estimate of drug-likeness (QED) is 0.445. The van der Waals surface area contributed by atoms with Crippen molar-refractivity contribution in [2.24, 2.45) is 0 Å². The Morgan fingerprint density at radius 1 is 1.18 bits per heavy atom. The van der Waals surface area contributed by atoms with Crippen molar-refractivity contribution >= 4 is 33.8 Å². The minimum atomic E-state index is -1.70. The summed E-state index contributed by atoms with van der Waals surface area (Å²) < 4.78 is 30.5. The highest BCUT2D eigenvalue weighted by molar-refractivity contribution is 7.84. The number of benzene rings is 1. The number of rotatable bonds is 8. The Hall–Kier alpha value is -3.47. The molecule has 0 radical (unpaired) electrons. The van der Waals surface area contributed by atoms with E-state index in [2.05, 4.69) is 9.97 Å². The molecule has 0 saturated carbocycles. The van der Waals surface area contributed by atoms with E-state index in [1.54, 1.807) is 38.6 Å². The van der Waals surface area contributed by atoms with Gasteiger partial charge in [-0.05, 0) is 26.0 Å². The molecule has 0 fully saturated rings. The van der Waals surface area contributed by atoms with E-state index in [0.717, 1.165) is 11.1 Å². The number of aromatic nitrogens is 3. The highest BCUT2D eigenvalue weighted by atomic mass is 32.2. The topological polar surface area (TPSA) is 113 Å². The Kier molecular flexibility index (Phi) is 7.87. The lowest BCUT2D eigenvalue weighted by Gasteiger charge is -2.19. The number of fused-ring (bicyclic) bond motifs is 1. The maximum Gasteiger partial charge on any atom is 0.330 e. The van der Waals surface area contributed by atoms with Crippen LogP contribution in [0.3, 0.4) is 0 Å². The second kappa shape index (κ2) is 10.6. The van der Waals surface area contributed by atoms with Crippen LogP contribution < -0.4 is 9.47 Å². The Balaban J connectivity index is 2.02. The third-order valence-corrected chi connectivity index (χ3v) is 6.52. The summed E-state index contributed by atoms with van der Waals surface area (Å²) in [5.41, 5.74) is 3.20. The molecule has 0 aliphatic carbocycles. The van der Waals surface area contributed by atoms with Crippen LogP contribution in [0.25, 0.3) is 11.0 Å². The second-order valence-corrected chi connectivity index (χ2v) is 9.01. The standard InChI is InChI=1S/C23H28N4O6S/c1-14-12-24-19(15(2)21(14)32-6)13-34(30)22-25-18-8-7-17(31-5)11-20(18)27(22)23(29)26(4)9-10-33-16(3)28/h7-8,11-12H,9-10,13H2,1-6H3. The molecule has 3 rings (SSSR count). The molecule has 1 atom stereocenters. The van der Waals surface area contributed by atoms with Gasteiger partial charge in [0.15, 0.2) is 0 Å². The van der Waals surface area contributed by atoms with Gasteiger partial charge in [-0.1, -0.05) is 0 Å². The van der Waals surface area contributed by atoms with Crippen molar-refractivity contribution in [1.82, 2.24) is 19.4 Å². The van der Waals surface area contributed by atoms with E-state index in [1.807, 2.05) is 13.8 Å². The second-order valence-electron chi connectivity index (χ2n) is 7.66. The van der Waals surface area contributed by atoms with E-state index >= 15 is 0 Å². The van der Waals surface area contributed by atoms with Crippen molar-refractivity contribution in [1.29, 1.82) is 0 Å². The van der Waals surface area contributed by atoms with Gasteiger partial charge in [0.25, 0.3) is 0 Å². The van der Waals surface area contributed by atoms with Gasteiger partial charge in [0, 0.05) is 37.4 Å². The van der Waals surface area contributed by atoms with Gasteiger partial charge in [-0.3, -0.25) is 14.0 Å². The highest BCUT2D eigenvalue weighted by Gasteiger charge is 2.25. The number of pyridine rings is 1. The molecule has 1 unspecified atom stereocenters. The van der Waals surface area contributed by atoms with Crippen LogP contribution >= 0.6 is 0 Å². The number of amides is 1. The molecule has 3 aromatic rings. The summed E-state index contributed by atoms with van der Waals surface area (Å²) in [5.74, 6) is 0.827. The SMILES string of the molecule is COc1ccc2nc(S(=O)Cc3ncc(C)c(OC)c3C)n(C(=O)N(C)CCOC(C)=O)c2c1. The summed E-state index contributed by atoms with van der Waals surface area (Å²) in [5, 5.41) is 0.0910. The molecule has 1 aromatic carbocycles. The van der Waals surface area contributed by atoms with Gasteiger partial charge in [0.2, 0.25) is 5.16 Å². The molecule has 2 heterocycles. The Labute approximate surface area is 200 Å². The zero-order valence-electron chi connectivity index (χ0n) is 20.1. The lowest BCUT2D eigenvalue weighted by atomic mass is 10.1. The van der Waals surface area contributed by atoms with Crippen LogP contribution in [0, 0.1) is 13.8 Å². The predicted molar refractivity (Wildman–Crippen MR) is 127 cm³/mol. The van der Waals surface area contributed by atoms with Gasteiger partial charge in [-0.25, -0.2) is 14.3 Å². The van der Waals surface area contributed by atoms with Crippen LogP contribution in [-0.2, 0) is 26.1 Å². The minimum absolute atomic E-state index is 0.0399. The molecule has 0 aliphatic heterocycles. The Morgan fingerprint density at radius 3 is 2.56 bits per heavy atom. The number of esters is 1. The number of carbonyl (C=O) groups is 2. The van der Waals surface area contributed by atoms with Gasteiger partial charge in [0.1, 0.15) is 18.1 Å². The monoisotopic (exact) mass is 488 g/mol. The summed E-state index contributed by atoms with van der Waals surface area (Å²) in [7, 11) is 2.96. The molecule has 34 heavy (non-hydrogen) atoms. The normalized spacial score (nSPS) is 11.8. The number of aryl methyl sites for hydroxylation is 1. The van der Waals surface area contributed by atoms with Crippen LogP contribution in [0.15, 0.2) is 29.6 Å². The number of likely N-dealkylation sites (N-methyl/N-ethyl adjacent to an activating group) is 1. The highest BCUT2D eigenvalue weighted by Crippen LogP contribution is 2.28. The lowest BCUT2D eigenvalue weighted by Crippen LogP contribution is -2.35. The van der Waals surface area contributed by atoms with Crippen molar-refractivity contribution in [3.8, 4) is 11.5 Å². The molecule has 11 heteroatoms. The van der Waals surface area contributed by atoms with Crippen molar-refractivity contribution in [3.63, 3.8) is 0 Å². The van der Waals surface area contributed by atoms with Gasteiger partial charge >= 0.3 is 12.0 Å². The van der Waals surface area contributed by atoms with Gasteiger partial charge in [0.05, 0.1) is 54.0 Å². The number of ether oxygens (including phenoxy) is 3. The number of hydrogen-bond donors (Lipinski definition) is 0. The summed E-state index contributed by atoms with van der Waals surface area (Å²) >= 11 is 0. The fourth-order valence-corrected chi connectivity index (χ4v) is 4.74. The number of hydrogen-bond acceptors (Lipinski definition) is 8. The van der Waals surface area contributed by atoms with Crippen molar-refractivity contribution < 1.29 is 28.0 Å². The van der Waals surface area contributed by atoms with Crippen LogP contribution in [0.4, 0.5) is 4.79 Å². The van der Waals surface area contributed by atoms with E-state index in [-0.39, 0.29) is 24.1 Å². The molecule has 0 saturated heterocycles. The van der Waals surface area contributed by atoms with Gasteiger partial charge in [-0.2, -0.15) is 0 Å². The minimum Gasteiger partial charge on any atom is -0.497 e. The smallest absolute Gasteiger partial charge is 0.330 e. The zero-order valence-corrected chi connectivity index (χ0v) is 20.9. The van der Waals surface area contributed by atoms with E-state index in [1.165, 1.54) is 23.5 Å². The predicted octanol–water partition coefficient (Wildman–Crippen LogP) is 2.84.